The Balaban J connectivity index is 2.25. The summed E-state index contributed by atoms with van der Waals surface area (Å²) in [6, 6.07) is 3.38. The number of aromatic nitrogens is 1. The van der Waals surface area contributed by atoms with E-state index < -0.39 is 0 Å². The smallest absolute Gasteiger partial charge is 0.275 e. The van der Waals surface area contributed by atoms with Crippen LogP contribution in [-0.2, 0) is 0 Å². The first-order chi connectivity index (χ1) is 8.08. The number of anilines is 1. The second kappa shape index (κ2) is 4.55. The number of nitrogens with one attached hydrogen (secondary N) is 1. The molecule has 2 N–H and O–H groups in total. The molecule has 88 valence electrons. The SMILES string of the molecule is Cc1cc(NC(=O)c2cscn2)c(C)cc1O. The minimum absolute atomic E-state index is 0.231. The highest BCUT2D eigenvalue weighted by atomic mass is 32.1. The molecule has 0 unspecified atom stereocenters. The molecule has 1 aromatic heterocycles. The number of phenolic OH excluding ortho intramolecular Hbond substituents is 1. The van der Waals surface area contributed by atoms with Crippen LogP contribution in [0.25, 0.3) is 0 Å². The lowest BCUT2D eigenvalue weighted by Gasteiger charge is -2.09. The Morgan fingerprint density at radius 3 is 2.76 bits per heavy atom. The van der Waals surface area contributed by atoms with Gasteiger partial charge in [-0.25, -0.2) is 4.98 Å². The fourth-order valence-corrected chi connectivity index (χ4v) is 1.98. The van der Waals surface area contributed by atoms with E-state index in [2.05, 4.69) is 10.3 Å². The zero-order valence-electron chi connectivity index (χ0n) is 9.52. The van der Waals surface area contributed by atoms with Gasteiger partial charge in [0.15, 0.2) is 0 Å². The molecule has 17 heavy (non-hydrogen) atoms. The molecule has 0 fully saturated rings. The van der Waals surface area contributed by atoms with Crippen molar-refractivity contribution >= 4 is 22.9 Å². The Kier molecular flexibility index (Phi) is 3.10. The molecule has 0 bridgehead atoms. The molecular formula is C12H12N2O2S. The Morgan fingerprint density at radius 2 is 2.12 bits per heavy atom. The van der Waals surface area contributed by atoms with E-state index in [1.165, 1.54) is 11.3 Å². The molecule has 0 aliphatic rings. The van der Waals surface area contributed by atoms with Crippen molar-refractivity contribution in [2.45, 2.75) is 13.8 Å². The van der Waals surface area contributed by atoms with E-state index in [4.69, 9.17) is 0 Å². The topological polar surface area (TPSA) is 62.2 Å². The molecule has 0 aliphatic heterocycles. The van der Waals surface area contributed by atoms with Crippen molar-refractivity contribution in [3.63, 3.8) is 0 Å². The van der Waals surface area contributed by atoms with Crippen molar-refractivity contribution in [2.24, 2.45) is 0 Å². The minimum atomic E-state index is -0.237. The molecule has 0 spiro atoms. The Morgan fingerprint density at radius 1 is 1.35 bits per heavy atom. The largest absolute Gasteiger partial charge is 0.508 e. The summed E-state index contributed by atoms with van der Waals surface area (Å²) < 4.78 is 0. The number of benzene rings is 1. The van der Waals surface area contributed by atoms with E-state index in [0.29, 0.717) is 11.4 Å². The van der Waals surface area contributed by atoms with E-state index in [1.54, 1.807) is 29.9 Å². The predicted molar refractivity (Wildman–Crippen MR) is 67.6 cm³/mol. The number of aromatic hydroxyl groups is 1. The van der Waals surface area contributed by atoms with Gasteiger partial charge in [0.1, 0.15) is 11.4 Å². The highest BCUT2D eigenvalue weighted by molar-refractivity contribution is 7.07. The molecule has 1 amide bonds. The number of thiazole rings is 1. The van der Waals surface area contributed by atoms with E-state index in [-0.39, 0.29) is 11.7 Å². The van der Waals surface area contributed by atoms with E-state index in [1.807, 2.05) is 6.92 Å². The molecule has 5 heteroatoms. The first-order valence-electron chi connectivity index (χ1n) is 5.07. The Hall–Kier alpha value is -1.88. The van der Waals surface area contributed by atoms with E-state index in [0.717, 1.165) is 11.1 Å². The molecule has 0 saturated heterocycles. The third-order valence-electron chi connectivity index (χ3n) is 2.46. The molecular weight excluding hydrogens is 236 g/mol. The number of nitrogens with zero attached hydrogens (tertiary/aromatic N) is 1. The first-order valence-corrected chi connectivity index (χ1v) is 6.02. The molecule has 0 saturated carbocycles. The molecule has 2 rings (SSSR count). The maximum Gasteiger partial charge on any atom is 0.275 e. The average Bonchev–Trinajstić information content (AvgIpc) is 2.79. The summed E-state index contributed by atoms with van der Waals surface area (Å²) >= 11 is 1.38. The van der Waals surface area contributed by atoms with Crippen LogP contribution in [0.2, 0.25) is 0 Å². The summed E-state index contributed by atoms with van der Waals surface area (Å²) in [5.74, 6) is -0.00593. The van der Waals surface area contributed by atoms with Crippen molar-refractivity contribution in [1.29, 1.82) is 0 Å². The second-order valence-corrected chi connectivity index (χ2v) is 4.50. The minimum Gasteiger partial charge on any atom is -0.508 e. The number of amides is 1. The number of rotatable bonds is 2. The van der Waals surface area contributed by atoms with Crippen LogP contribution in [0.15, 0.2) is 23.0 Å². The summed E-state index contributed by atoms with van der Waals surface area (Å²) in [6.07, 6.45) is 0. The Labute approximate surface area is 103 Å². The molecule has 0 radical (unpaired) electrons. The zero-order chi connectivity index (χ0) is 12.4. The van der Waals surface area contributed by atoms with Crippen LogP contribution in [-0.4, -0.2) is 16.0 Å². The van der Waals surface area contributed by atoms with Gasteiger partial charge in [-0.2, -0.15) is 0 Å². The Bertz CT molecular complexity index is 550. The van der Waals surface area contributed by atoms with Crippen molar-refractivity contribution in [3.8, 4) is 5.75 Å². The normalized spacial score (nSPS) is 10.2. The van der Waals surface area contributed by atoms with Gasteiger partial charge in [0.25, 0.3) is 5.91 Å². The molecule has 1 aromatic carbocycles. The molecule has 2 aromatic rings. The summed E-state index contributed by atoms with van der Waals surface area (Å²) in [5.41, 5.74) is 4.25. The van der Waals surface area contributed by atoms with Gasteiger partial charge in [0, 0.05) is 11.1 Å². The lowest BCUT2D eigenvalue weighted by Crippen LogP contribution is -2.13. The van der Waals surface area contributed by atoms with Crippen molar-refractivity contribution in [2.75, 3.05) is 5.32 Å². The number of hydrogen-bond donors (Lipinski definition) is 2. The van der Waals surface area contributed by atoms with Crippen molar-refractivity contribution in [3.05, 3.63) is 39.8 Å². The molecule has 1 heterocycles. The van der Waals surface area contributed by atoms with Gasteiger partial charge in [0.05, 0.1) is 5.51 Å². The summed E-state index contributed by atoms with van der Waals surface area (Å²) in [4.78, 5) is 15.7. The van der Waals surface area contributed by atoms with Crippen LogP contribution >= 0.6 is 11.3 Å². The number of carbonyl (C=O) groups excluding carboxylic acids is 1. The van der Waals surface area contributed by atoms with Crippen LogP contribution in [0.5, 0.6) is 5.75 Å². The third-order valence-corrected chi connectivity index (χ3v) is 3.04. The highest BCUT2D eigenvalue weighted by Crippen LogP contribution is 2.25. The van der Waals surface area contributed by atoms with E-state index in [9.17, 15) is 9.90 Å². The van der Waals surface area contributed by atoms with Crippen LogP contribution in [0.1, 0.15) is 21.6 Å². The first kappa shape index (κ1) is 11.6. The quantitative estimate of drug-likeness (QED) is 0.803. The van der Waals surface area contributed by atoms with Crippen LogP contribution in [0.3, 0.4) is 0 Å². The second-order valence-electron chi connectivity index (χ2n) is 3.78. The molecule has 0 aliphatic carbocycles. The molecule has 0 atom stereocenters. The number of hydrogen-bond acceptors (Lipinski definition) is 4. The standard InChI is InChI=1S/C12H12N2O2S/c1-7-4-11(15)8(2)3-9(7)14-12(16)10-5-17-6-13-10/h3-6,15H,1-2H3,(H,14,16). The fraction of sp³-hybridized carbons (Fsp3) is 0.167. The third kappa shape index (κ3) is 2.45. The van der Waals surface area contributed by atoms with Crippen LogP contribution < -0.4 is 5.32 Å². The maximum atomic E-state index is 11.8. The van der Waals surface area contributed by atoms with Gasteiger partial charge in [0.2, 0.25) is 0 Å². The summed E-state index contributed by atoms with van der Waals surface area (Å²) in [5, 5.41) is 14.0. The number of carbonyl (C=O) groups is 1. The lowest BCUT2D eigenvalue weighted by atomic mass is 10.1. The van der Waals surface area contributed by atoms with Gasteiger partial charge in [-0.15, -0.1) is 11.3 Å². The average molecular weight is 248 g/mol. The predicted octanol–water partition coefficient (Wildman–Crippen LogP) is 2.72. The van der Waals surface area contributed by atoms with E-state index >= 15 is 0 Å². The highest BCUT2D eigenvalue weighted by Gasteiger charge is 2.10. The van der Waals surface area contributed by atoms with Gasteiger partial charge in [-0.05, 0) is 37.1 Å². The zero-order valence-corrected chi connectivity index (χ0v) is 10.3. The number of phenols is 1. The van der Waals surface area contributed by atoms with Crippen molar-refractivity contribution < 1.29 is 9.90 Å². The van der Waals surface area contributed by atoms with Gasteiger partial charge >= 0.3 is 0 Å². The van der Waals surface area contributed by atoms with Gasteiger partial charge in [-0.1, -0.05) is 0 Å². The van der Waals surface area contributed by atoms with Crippen LogP contribution in [0.4, 0.5) is 5.69 Å². The van der Waals surface area contributed by atoms with Crippen LogP contribution in [0, 0.1) is 13.8 Å². The fourth-order valence-electron chi connectivity index (χ4n) is 1.45. The number of aryl methyl sites for hydroxylation is 2. The monoisotopic (exact) mass is 248 g/mol. The molecule has 4 nitrogen and oxygen atoms in total. The summed E-state index contributed by atoms with van der Waals surface area (Å²) in [6.45, 7) is 3.61. The van der Waals surface area contributed by atoms with Gasteiger partial charge in [-0.3, -0.25) is 4.79 Å². The maximum absolute atomic E-state index is 11.8. The lowest BCUT2D eigenvalue weighted by molar-refractivity contribution is 0.102. The summed E-state index contributed by atoms with van der Waals surface area (Å²) in [7, 11) is 0. The van der Waals surface area contributed by atoms with Gasteiger partial charge < -0.3 is 10.4 Å². The van der Waals surface area contributed by atoms with Crippen molar-refractivity contribution in [1.82, 2.24) is 4.98 Å².